The number of aromatic hydroxyl groups is 1. The number of carbonyl (C=O) groups excluding carboxylic acids is 2. The number of rotatable bonds is 5. The van der Waals surface area contributed by atoms with Crippen molar-refractivity contribution in [2.45, 2.75) is 58.4 Å². The van der Waals surface area contributed by atoms with Crippen molar-refractivity contribution in [3.05, 3.63) is 65.4 Å². The van der Waals surface area contributed by atoms with Crippen molar-refractivity contribution in [1.82, 2.24) is 15.1 Å². The van der Waals surface area contributed by atoms with Crippen molar-refractivity contribution in [3.63, 3.8) is 0 Å². The molecular formula is C26H30N4O3. The van der Waals surface area contributed by atoms with E-state index < -0.39 is 0 Å². The summed E-state index contributed by atoms with van der Waals surface area (Å²) in [7, 11) is 0. The Morgan fingerprint density at radius 1 is 1.06 bits per heavy atom. The number of phenols is 1. The Hall–Kier alpha value is -3.61. The van der Waals surface area contributed by atoms with Gasteiger partial charge in [0, 0.05) is 28.8 Å². The lowest BCUT2D eigenvalue weighted by Crippen LogP contribution is -2.35. The molecule has 3 aromatic rings. The zero-order chi connectivity index (χ0) is 23.5. The van der Waals surface area contributed by atoms with E-state index in [0.29, 0.717) is 22.5 Å². The second-order valence-electron chi connectivity index (χ2n) is 9.00. The molecule has 1 fully saturated rings. The maximum Gasteiger partial charge on any atom is 0.342 e. The number of anilines is 1. The van der Waals surface area contributed by atoms with Crippen LogP contribution >= 0.6 is 0 Å². The normalized spacial score (nSPS) is 13.9. The first-order valence-corrected chi connectivity index (χ1v) is 11.4. The summed E-state index contributed by atoms with van der Waals surface area (Å²) >= 11 is 0. The average molecular weight is 447 g/mol. The van der Waals surface area contributed by atoms with Crippen LogP contribution in [0.25, 0.3) is 11.3 Å². The number of amides is 2. The number of benzene rings is 2. The lowest BCUT2D eigenvalue weighted by atomic mass is 10.0. The fourth-order valence-electron chi connectivity index (χ4n) is 4.24. The van der Waals surface area contributed by atoms with Crippen LogP contribution in [0.15, 0.2) is 48.5 Å². The van der Waals surface area contributed by atoms with E-state index in [1.807, 2.05) is 39.0 Å². The summed E-state index contributed by atoms with van der Waals surface area (Å²) in [6.07, 6.45) is 4.28. The third kappa shape index (κ3) is 5.08. The Morgan fingerprint density at radius 3 is 2.42 bits per heavy atom. The predicted octanol–water partition coefficient (Wildman–Crippen LogP) is 5.44. The largest absolute Gasteiger partial charge is 0.507 e. The van der Waals surface area contributed by atoms with Crippen molar-refractivity contribution in [1.29, 1.82) is 0 Å². The van der Waals surface area contributed by atoms with Gasteiger partial charge in [-0.05, 0) is 70.0 Å². The molecule has 2 aromatic carbocycles. The van der Waals surface area contributed by atoms with Crippen LogP contribution in [-0.2, 0) is 0 Å². The highest BCUT2D eigenvalue weighted by atomic mass is 16.3. The molecule has 0 saturated heterocycles. The Bertz CT molecular complexity index is 1160. The molecule has 33 heavy (non-hydrogen) atoms. The predicted molar refractivity (Wildman–Crippen MR) is 129 cm³/mol. The molecule has 0 bridgehead atoms. The number of aryl methyl sites for hydroxylation is 1. The maximum atomic E-state index is 12.8. The van der Waals surface area contributed by atoms with E-state index in [1.165, 1.54) is 10.7 Å². The molecule has 7 heteroatoms. The lowest BCUT2D eigenvalue weighted by molar-refractivity contribution is 0.102. The molecule has 4 rings (SSSR count). The molecule has 0 aliphatic heterocycles. The lowest BCUT2D eigenvalue weighted by Gasteiger charge is -2.13. The summed E-state index contributed by atoms with van der Waals surface area (Å²) in [5.74, 6) is 0.0612. The van der Waals surface area contributed by atoms with Gasteiger partial charge in [0.15, 0.2) is 0 Å². The summed E-state index contributed by atoms with van der Waals surface area (Å²) in [4.78, 5) is 25.5. The fourth-order valence-corrected chi connectivity index (χ4v) is 4.24. The van der Waals surface area contributed by atoms with Crippen LogP contribution in [0.5, 0.6) is 5.75 Å². The number of nitrogens with zero attached hydrogens (tertiary/aromatic N) is 2. The Labute approximate surface area is 193 Å². The SMILES string of the molecule is Cc1ccc(C(=O)Nc2ccc(O)c(-c3cc(C4CCCC4)n(C(=O)NC(C)C)n3)c2)cc1. The summed E-state index contributed by atoms with van der Waals surface area (Å²) in [6, 6.07) is 13.8. The Balaban J connectivity index is 1.66. The van der Waals surface area contributed by atoms with E-state index in [2.05, 4.69) is 15.7 Å². The van der Waals surface area contributed by atoms with E-state index in [-0.39, 0.29) is 29.6 Å². The first kappa shape index (κ1) is 22.6. The molecule has 1 saturated carbocycles. The van der Waals surface area contributed by atoms with Gasteiger partial charge in [-0.2, -0.15) is 9.78 Å². The van der Waals surface area contributed by atoms with E-state index in [0.717, 1.165) is 36.9 Å². The van der Waals surface area contributed by atoms with Crippen LogP contribution in [0.2, 0.25) is 0 Å². The highest BCUT2D eigenvalue weighted by molar-refractivity contribution is 6.04. The van der Waals surface area contributed by atoms with Crippen LogP contribution in [-0.4, -0.2) is 32.9 Å². The van der Waals surface area contributed by atoms with Crippen molar-refractivity contribution in [3.8, 4) is 17.0 Å². The van der Waals surface area contributed by atoms with Crippen LogP contribution < -0.4 is 10.6 Å². The van der Waals surface area contributed by atoms with Gasteiger partial charge in [0.25, 0.3) is 5.91 Å². The quantitative estimate of drug-likeness (QED) is 0.455. The summed E-state index contributed by atoms with van der Waals surface area (Å²) in [6.45, 7) is 5.78. The van der Waals surface area contributed by atoms with Gasteiger partial charge in [-0.15, -0.1) is 0 Å². The molecule has 2 amide bonds. The van der Waals surface area contributed by atoms with Crippen molar-refractivity contribution < 1.29 is 14.7 Å². The standard InChI is InChI=1S/C26H30N4O3/c1-16(2)27-26(33)30-23(18-6-4-5-7-18)15-22(29-30)21-14-20(12-13-24(21)31)28-25(32)19-10-8-17(3)9-11-19/h8-16,18,31H,4-7H2,1-3H3,(H,27,33)(H,28,32). The topological polar surface area (TPSA) is 96.2 Å². The van der Waals surface area contributed by atoms with Gasteiger partial charge in [0.05, 0.1) is 11.4 Å². The number of carbonyl (C=O) groups is 2. The van der Waals surface area contributed by atoms with E-state index in [4.69, 9.17) is 0 Å². The molecule has 1 aromatic heterocycles. The molecule has 3 N–H and O–H groups in total. The molecule has 7 nitrogen and oxygen atoms in total. The van der Waals surface area contributed by atoms with Crippen LogP contribution in [0.1, 0.15) is 67.1 Å². The Morgan fingerprint density at radius 2 is 1.76 bits per heavy atom. The monoisotopic (exact) mass is 446 g/mol. The molecule has 1 aliphatic rings. The minimum Gasteiger partial charge on any atom is -0.507 e. The second-order valence-corrected chi connectivity index (χ2v) is 9.00. The van der Waals surface area contributed by atoms with E-state index >= 15 is 0 Å². The average Bonchev–Trinajstić information content (AvgIpc) is 3.45. The molecule has 0 unspecified atom stereocenters. The van der Waals surface area contributed by atoms with Crippen LogP contribution in [0.3, 0.4) is 0 Å². The minimum atomic E-state index is -0.276. The zero-order valence-electron chi connectivity index (χ0n) is 19.3. The number of nitrogens with one attached hydrogen (secondary N) is 2. The fraction of sp³-hybridized carbons (Fsp3) is 0.346. The molecule has 0 spiro atoms. The molecule has 1 heterocycles. The molecule has 0 atom stereocenters. The van der Waals surface area contributed by atoms with E-state index in [9.17, 15) is 14.7 Å². The van der Waals surface area contributed by atoms with Gasteiger partial charge < -0.3 is 15.7 Å². The van der Waals surface area contributed by atoms with Gasteiger partial charge in [-0.3, -0.25) is 4.79 Å². The van der Waals surface area contributed by atoms with Crippen LogP contribution in [0, 0.1) is 6.92 Å². The first-order chi connectivity index (χ1) is 15.8. The zero-order valence-corrected chi connectivity index (χ0v) is 19.3. The first-order valence-electron chi connectivity index (χ1n) is 11.4. The van der Waals surface area contributed by atoms with Gasteiger partial charge in [-0.1, -0.05) is 30.5 Å². The van der Waals surface area contributed by atoms with Gasteiger partial charge in [-0.25, -0.2) is 4.79 Å². The highest BCUT2D eigenvalue weighted by Crippen LogP contribution is 2.38. The molecular weight excluding hydrogens is 416 g/mol. The Kier molecular flexibility index (Phi) is 6.49. The number of phenolic OH excluding ortho intramolecular Hbond substituents is 1. The van der Waals surface area contributed by atoms with Crippen molar-refractivity contribution in [2.24, 2.45) is 0 Å². The van der Waals surface area contributed by atoms with Gasteiger partial charge >= 0.3 is 6.03 Å². The summed E-state index contributed by atoms with van der Waals surface area (Å²) in [5.41, 5.74) is 3.99. The summed E-state index contributed by atoms with van der Waals surface area (Å²) in [5, 5.41) is 20.9. The number of hydrogen-bond acceptors (Lipinski definition) is 4. The van der Waals surface area contributed by atoms with Crippen molar-refractivity contribution >= 4 is 17.6 Å². The summed E-state index contributed by atoms with van der Waals surface area (Å²) < 4.78 is 1.43. The number of aromatic nitrogens is 2. The molecule has 0 radical (unpaired) electrons. The highest BCUT2D eigenvalue weighted by Gasteiger charge is 2.26. The molecule has 1 aliphatic carbocycles. The van der Waals surface area contributed by atoms with Crippen LogP contribution in [0.4, 0.5) is 10.5 Å². The minimum absolute atomic E-state index is 0.0182. The third-order valence-electron chi connectivity index (χ3n) is 5.96. The van der Waals surface area contributed by atoms with E-state index in [1.54, 1.807) is 24.3 Å². The smallest absolute Gasteiger partial charge is 0.342 e. The third-order valence-corrected chi connectivity index (χ3v) is 5.96. The van der Waals surface area contributed by atoms with Gasteiger partial charge in [0.2, 0.25) is 0 Å². The molecule has 172 valence electrons. The second kappa shape index (κ2) is 9.48. The van der Waals surface area contributed by atoms with Crippen molar-refractivity contribution in [2.75, 3.05) is 5.32 Å². The maximum absolute atomic E-state index is 12.8. The number of hydrogen-bond donors (Lipinski definition) is 3. The van der Waals surface area contributed by atoms with Gasteiger partial charge in [0.1, 0.15) is 5.75 Å².